The van der Waals surface area contributed by atoms with Crippen LogP contribution < -0.4 is 10.6 Å². The van der Waals surface area contributed by atoms with Gasteiger partial charge in [0.2, 0.25) is 0 Å². The first-order chi connectivity index (χ1) is 13.4. The number of carbonyl (C=O) groups is 1. The fourth-order valence-electron chi connectivity index (χ4n) is 3.67. The third-order valence-electron chi connectivity index (χ3n) is 6.06. The van der Waals surface area contributed by atoms with Crippen molar-refractivity contribution in [1.82, 2.24) is 15.5 Å². The summed E-state index contributed by atoms with van der Waals surface area (Å²) >= 11 is 0. The molecule has 1 aliphatic heterocycles. The van der Waals surface area contributed by atoms with Gasteiger partial charge in [0.1, 0.15) is 5.82 Å². The van der Waals surface area contributed by atoms with E-state index in [9.17, 15) is 4.79 Å². The van der Waals surface area contributed by atoms with Crippen LogP contribution in [0.25, 0.3) is 0 Å². The molecule has 6 nitrogen and oxygen atoms in total. The second kappa shape index (κ2) is 8.69. The average molecular weight is 383 g/mol. The van der Waals surface area contributed by atoms with Gasteiger partial charge in [-0.05, 0) is 93.0 Å². The Balaban J connectivity index is 1.64. The predicted octanol–water partition coefficient (Wildman–Crippen LogP) is 3.54. The number of ether oxygens (including phenoxy) is 1. The summed E-state index contributed by atoms with van der Waals surface area (Å²) < 4.78 is 5.32. The molecule has 3 rings (SSSR count). The molecule has 0 unspecified atom stereocenters. The van der Waals surface area contributed by atoms with Gasteiger partial charge in [-0.2, -0.15) is 0 Å². The van der Waals surface area contributed by atoms with Gasteiger partial charge in [0.25, 0.3) is 5.91 Å². The molecule has 0 atom stereocenters. The number of benzene rings is 1. The number of aromatic nitrogens is 2. The lowest BCUT2D eigenvalue weighted by molar-refractivity contribution is 0.0693. The molecule has 2 heterocycles. The van der Waals surface area contributed by atoms with Gasteiger partial charge in [-0.3, -0.25) is 4.79 Å². The summed E-state index contributed by atoms with van der Waals surface area (Å²) in [6.07, 6.45) is 1.68. The van der Waals surface area contributed by atoms with Gasteiger partial charge < -0.3 is 15.4 Å². The SMILES string of the molecule is Cc1c(C)c(C)c(CNc2ccc(C(=O)NC3CCOCC3)nn2)c(C)c1C. The number of hydrogen-bond acceptors (Lipinski definition) is 5. The summed E-state index contributed by atoms with van der Waals surface area (Å²) in [4.78, 5) is 12.3. The molecule has 0 spiro atoms. The third-order valence-corrected chi connectivity index (χ3v) is 6.06. The highest BCUT2D eigenvalue weighted by Gasteiger charge is 2.18. The topological polar surface area (TPSA) is 76.1 Å². The van der Waals surface area contributed by atoms with Crippen LogP contribution in [0.1, 0.15) is 56.7 Å². The first-order valence-corrected chi connectivity index (χ1v) is 9.90. The Morgan fingerprint density at radius 2 is 1.57 bits per heavy atom. The maximum atomic E-state index is 12.3. The Labute approximate surface area is 167 Å². The molecule has 1 aromatic carbocycles. The second-order valence-corrected chi connectivity index (χ2v) is 7.62. The largest absolute Gasteiger partial charge is 0.381 e. The highest BCUT2D eigenvalue weighted by Crippen LogP contribution is 2.26. The minimum atomic E-state index is -0.178. The molecule has 0 aliphatic carbocycles. The summed E-state index contributed by atoms with van der Waals surface area (Å²) in [5, 5.41) is 14.6. The number of nitrogens with one attached hydrogen (secondary N) is 2. The number of rotatable bonds is 5. The number of amides is 1. The number of anilines is 1. The first kappa shape index (κ1) is 20.3. The van der Waals surface area contributed by atoms with Gasteiger partial charge in [0.05, 0.1) is 0 Å². The molecule has 1 aromatic heterocycles. The normalized spacial score (nSPS) is 14.8. The van der Waals surface area contributed by atoms with E-state index >= 15 is 0 Å². The zero-order valence-corrected chi connectivity index (χ0v) is 17.5. The standard InChI is InChI=1S/C22H30N4O2/c1-13-14(2)16(4)19(17(5)15(13)3)12-23-21-7-6-20(25-26-21)22(27)24-18-8-10-28-11-9-18/h6-7,18H,8-12H2,1-5H3,(H,23,26)(H,24,27). The fraction of sp³-hybridized carbons (Fsp3) is 0.500. The number of nitrogens with zero attached hydrogens (tertiary/aromatic N) is 2. The minimum Gasteiger partial charge on any atom is -0.381 e. The fourth-order valence-corrected chi connectivity index (χ4v) is 3.67. The predicted molar refractivity (Wildman–Crippen MR) is 111 cm³/mol. The lowest BCUT2D eigenvalue weighted by Crippen LogP contribution is -2.39. The molecule has 0 bridgehead atoms. The van der Waals surface area contributed by atoms with E-state index in [1.54, 1.807) is 6.07 Å². The van der Waals surface area contributed by atoms with Gasteiger partial charge >= 0.3 is 0 Å². The van der Waals surface area contributed by atoms with E-state index in [0.29, 0.717) is 31.3 Å². The Morgan fingerprint density at radius 1 is 0.964 bits per heavy atom. The Kier molecular flexibility index (Phi) is 6.29. The minimum absolute atomic E-state index is 0.153. The van der Waals surface area contributed by atoms with Crippen LogP contribution in [0.3, 0.4) is 0 Å². The quantitative estimate of drug-likeness (QED) is 0.827. The van der Waals surface area contributed by atoms with Crippen molar-refractivity contribution in [2.45, 2.75) is 60.0 Å². The van der Waals surface area contributed by atoms with E-state index in [1.807, 2.05) is 6.07 Å². The summed E-state index contributed by atoms with van der Waals surface area (Å²) in [7, 11) is 0. The van der Waals surface area contributed by atoms with Crippen LogP contribution in [0, 0.1) is 34.6 Å². The maximum absolute atomic E-state index is 12.3. The first-order valence-electron chi connectivity index (χ1n) is 9.90. The van der Waals surface area contributed by atoms with Crippen LogP contribution in [-0.4, -0.2) is 35.4 Å². The molecule has 6 heteroatoms. The summed E-state index contributed by atoms with van der Waals surface area (Å²) in [5.74, 6) is 0.486. The van der Waals surface area contributed by atoms with Crippen LogP contribution in [0.4, 0.5) is 5.82 Å². The maximum Gasteiger partial charge on any atom is 0.272 e. The molecule has 1 saturated heterocycles. The van der Waals surface area contributed by atoms with Gasteiger partial charge in [-0.1, -0.05) is 0 Å². The van der Waals surface area contributed by atoms with Crippen molar-refractivity contribution in [3.05, 3.63) is 51.2 Å². The van der Waals surface area contributed by atoms with Crippen LogP contribution in [0.2, 0.25) is 0 Å². The Morgan fingerprint density at radius 3 is 2.14 bits per heavy atom. The summed E-state index contributed by atoms with van der Waals surface area (Å²) in [5.41, 5.74) is 8.30. The van der Waals surface area contributed by atoms with Crippen LogP contribution in [-0.2, 0) is 11.3 Å². The number of hydrogen-bond donors (Lipinski definition) is 2. The highest BCUT2D eigenvalue weighted by molar-refractivity contribution is 5.92. The van der Waals surface area contributed by atoms with Gasteiger partial charge in [0.15, 0.2) is 5.69 Å². The van der Waals surface area contributed by atoms with E-state index in [4.69, 9.17) is 4.74 Å². The Bertz CT molecular complexity index is 827. The van der Waals surface area contributed by atoms with E-state index in [0.717, 1.165) is 12.8 Å². The van der Waals surface area contributed by atoms with Gasteiger partial charge in [-0.25, -0.2) is 0 Å². The molecule has 1 amide bonds. The van der Waals surface area contributed by atoms with Crippen molar-refractivity contribution in [1.29, 1.82) is 0 Å². The lowest BCUT2D eigenvalue weighted by atomic mass is 9.89. The number of carbonyl (C=O) groups excluding carboxylic acids is 1. The second-order valence-electron chi connectivity index (χ2n) is 7.62. The molecular formula is C22H30N4O2. The molecular weight excluding hydrogens is 352 g/mol. The molecule has 1 fully saturated rings. The Hall–Kier alpha value is -2.47. The van der Waals surface area contributed by atoms with Crippen LogP contribution >= 0.6 is 0 Å². The molecule has 2 N–H and O–H groups in total. The molecule has 150 valence electrons. The third kappa shape index (κ3) is 4.33. The smallest absolute Gasteiger partial charge is 0.272 e. The summed E-state index contributed by atoms with van der Waals surface area (Å²) in [6.45, 7) is 12.9. The van der Waals surface area contributed by atoms with E-state index in [2.05, 4.69) is 55.4 Å². The van der Waals surface area contributed by atoms with Crippen molar-refractivity contribution < 1.29 is 9.53 Å². The molecule has 0 saturated carbocycles. The van der Waals surface area contributed by atoms with Crippen molar-refractivity contribution in [3.8, 4) is 0 Å². The van der Waals surface area contributed by atoms with Crippen molar-refractivity contribution >= 4 is 11.7 Å². The zero-order valence-electron chi connectivity index (χ0n) is 17.5. The zero-order chi connectivity index (χ0) is 20.3. The molecule has 1 aliphatic rings. The van der Waals surface area contributed by atoms with Crippen LogP contribution in [0.5, 0.6) is 0 Å². The van der Waals surface area contributed by atoms with Crippen LogP contribution in [0.15, 0.2) is 12.1 Å². The van der Waals surface area contributed by atoms with E-state index in [1.165, 1.54) is 33.4 Å². The molecule has 2 aromatic rings. The van der Waals surface area contributed by atoms with Crippen molar-refractivity contribution in [2.75, 3.05) is 18.5 Å². The van der Waals surface area contributed by atoms with Crippen molar-refractivity contribution in [2.24, 2.45) is 0 Å². The summed E-state index contributed by atoms with van der Waals surface area (Å²) in [6, 6.07) is 3.68. The molecule has 0 radical (unpaired) electrons. The monoisotopic (exact) mass is 382 g/mol. The molecule has 28 heavy (non-hydrogen) atoms. The van der Waals surface area contributed by atoms with E-state index < -0.39 is 0 Å². The lowest BCUT2D eigenvalue weighted by Gasteiger charge is -2.22. The van der Waals surface area contributed by atoms with Crippen molar-refractivity contribution in [3.63, 3.8) is 0 Å². The van der Waals surface area contributed by atoms with E-state index in [-0.39, 0.29) is 11.9 Å². The van der Waals surface area contributed by atoms with Gasteiger partial charge in [-0.15, -0.1) is 10.2 Å². The average Bonchev–Trinajstić information content (AvgIpc) is 2.72. The van der Waals surface area contributed by atoms with Gasteiger partial charge in [0, 0.05) is 25.8 Å². The highest BCUT2D eigenvalue weighted by atomic mass is 16.5.